The first-order valence-electron chi connectivity index (χ1n) is 8.31. The van der Waals surface area contributed by atoms with Crippen molar-refractivity contribution in [2.24, 2.45) is 0 Å². The molecule has 1 fully saturated rings. The summed E-state index contributed by atoms with van der Waals surface area (Å²) in [4.78, 5) is 2.29. The highest BCUT2D eigenvalue weighted by atomic mass is 32.1. The fourth-order valence-corrected chi connectivity index (χ4v) is 3.53. The molecule has 3 rings (SSSR count). The zero-order chi connectivity index (χ0) is 16.2. The van der Waals surface area contributed by atoms with E-state index >= 15 is 0 Å². The maximum absolute atomic E-state index is 5.74. The van der Waals surface area contributed by atoms with Crippen LogP contribution in [0.1, 0.15) is 42.6 Å². The third-order valence-corrected chi connectivity index (χ3v) is 4.90. The number of hydrogen-bond donors (Lipinski definition) is 1. The lowest BCUT2D eigenvalue weighted by atomic mass is 10.1. The van der Waals surface area contributed by atoms with E-state index in [0.29, 0.717) is 6.04 Å². The van der Waals surface area contributed by atoms with E-state index in [0.717, 1.165) is 23.1 Å². The van der Waals surface area contributed by atoms with Gasteiger partial charge in [-0.05, 0) is 68.2 Å². The summed E-state index contributed by atoms with van der Waals surface area (Å²) in [7, 11) is 0. The van der Waals surface area contributed by atoms with Gasteiger partial charge in [-0.3, -0.25) is 0 Å². The number of anilines is 1. The van der Waals surface area contributed by atoms with E-state index in [1.54, 1.807) is 6.26 Å². The quantitative estimate of drug-likeness (QED) is 0.796. The Morgan fingerprint density at radius 1 is 1.26 bits per heavy atom. The van der Waals surface area contributed by atoms with Gasteiger partial charge in [0.2, 0.25) is 0 Å². The summed E-state index contributed by atoms with van der Waals surface area (Å²) in [5.41, 5.74) is 3.54. The molecule has 0 radical (unpaired) electrons. The number of benzene rings is 1. The molecule has 0 saturated heterocycles. The molecule has 1 aliphatic carbocycles. The number of nitrogens with one attached hydrogen (secondary N) is 1. The number of thiocarbonyl (C=S) groups is 1. The van der Waals surface area contributed by atoms with E-state index in [9.17, 15) is 0 Å². The Morgan fingerprint density at radius 2 is 2.04 bits per heavy atom. The van der Waals surface area contributed by atoms with Gasteiger partial charge >= 0.3 is 0 Å². The summed E-state index contributed by atoms with van der Waals surface area (Å²) in [5.74, 6) is 0.960. The molecule has 0 spiro atoms. The van der Waals surface area contributed by atoms with Crippen LogP contribution in [0.3, 0.4) is 0 Å². The van der Waals surface area contributed by atoms with Crippen molar-refractivity contribution in [1.82, 2.24) is 4.90 Å². The molecule has 1 aromatic carbocycles. The second kappa shape index (κ2) is 7.18. The van der Waals surface area contributed by atoms with Crippen molar-refractivity contribution >= 4 is 23.0 Å². The smallest absolute Gasteiger partial charge is 0.174 e. The van der Waals surface area contributed by atoms with Gasteiger partial charge in [-0.15, -0.1) is 0 Å². The lowest BCUT2D eigenvalue weighted by molar-refractivity contribution is 0.286. The lowest BCUT2D eigenvalue weighted by Crippen LogP contribution is -2.41. The van der Waals surface area contributed by atoms with Gasteiger partial charge in [-0.25, -0.2) is 0 Å². The van der Waals surface area contributed by atoms with Crippen molar-refractivity contribution in [2.75, 3.05) is 5.32 Å². The fraction of sp³-hybridized carbons (Fsp3) is 0.421. The third kappa shape index (κ3) is 3.94. The molecule has 0 unspecified atom stereocenters. The van der Waals surface area contributed by atoms with Crippen LogP contribution < -0.4 is 5.32 Å². The minimum Gasteiger partial charge on any atom is -0.467 e. The van der Waals surface area contributed by atoms with Gasteiger partial charge in [0.1, 0.15) is 5.76 Å². The maximum atomic E-state index is 5.74. The van der Waals surface area contributed by atoms with E-state index in [-0.39, 0.29) is 0 Å². The van der Waals surface area contributed by atoms with E-state index in [1.807, 2.05) is 12.1 Å². The first kappa shape index (κ1) is 16.1. The Labute approximate surface area is 143 Å². The van der Waals surface area contributed by atoms with Crippen molar-refractivity contribution in [1.29, 1.82) is 0 Å². The predicted octanol–water partition coefficient (Wildman–Crippen LogP) is 5.04. The highest BCUT2D eigenvalue weighted by Crippen LogP contribution is 2.26. The fourth-order valence-electron chi connectivity index (χ4n) is 3.21. The van der Waals surface area contributed by atoms with Crippen molar-refractivity contribution in [3.63, 3.8) is 0 Å². The van der Waals surface area contributed by atoms with E-state index in [2.05, 4.69) is 42.3 Å². The summed E-state index contributed by atoms with van der Waals surface area (Å²) in [6.07, 6.45) is 6.70. The normalized spacial score (nSPS) is 14.9. The monoisotopic (exact) mass is 328 g/mol. The zero-order valence-electron chi connectivity index (χ0n) is 13.8. The van der Waals surface area contributed by atoms with Crippen LogP contribution in [0.15, 0.2) is 41.0 Å². The van der Waals surface area contributed by atoms with Crippen LogP contribution in [0.4, 0.5) is 5.69 Å². The summed E-state index contributed by atoms with van der Waals surface area (Å²) < 4.78 is 5.54. The van der Waals surface area contributed by atoms with Crippen molar-refractivity contribution in [3.8, 4) is 0 Å². The highest BCUT2D eigenvalue weighted by molar-refractivity contribution is 7.80. The van der Waals surface area contributed by atoms with Crippen LogP contribution in [0.2, 0.25) is 0 Å². The molecule has 0 bridgehead atoms. The maximum Gasteiger partial charge on any atom is 0.174 e. The molecule has 2 aromatic rings. The van der Waals surface area contributed by atoms with Crippen LogP contribution in [0, 0.1) is 13.8 Å². The molecule has 1 saturated carbocycles. The Bertz CT molecular complexity index is 660. The standard InChI is InChI=1S/C19H24N2OS/c1-14-9-10-15(2)18(12-14)20-19(23)21(16-6-3-4-7-16)13-17-8-5-11-22-17/h5,8-12,16H,3-4,6-7,13H2,1-2H3,(H,20,23). The zero-order valence-corrected chi connectivity index (χ0v) is 14.7. The molecule has 0 atom stereocenters. The molecule has 4 heteroatoms. The van der Waals surface area contributed by atoms with Crippen LogP contribution in [0.25, 0.3) is 0 Å². The van der Waals surface area contributed by atoms with Crippen LogP contribution >= 0.6 is 12.2 Å². The number of hydrogen-bond acceptors (Lipinski definition) is 2. The Morgan fingerprint density at radius 3 is 2.74 bits per heavy atom. The van der Waals surface area contributed by atoms with Crippen LogP contribution in [-0.4, -0.2) is 16.1 Å². The van der Waals surface area contributed by atoms with E-state index < -0.39 is 0 Å². The Hall–Kier alpha value is -1.81. The van der Waals surface area contributed by atoms with Gasteiger partial charge < -0.3 is 14.6 Å². The number of furan rings is 1. The third-order valence-electron chi connectivity index (χ3n) is 4.57. The largest absolute Gasteiger partial charge is 0.467 e. The van der Waals surface area contributed by atoms with Crippen molar-refractivity contribution in [3.05, 3.63) is 53.5 Å². The first-order chi connectivity index (χ1) is 11.1. The Balaban J connectivity index is 1.77. The SMILES string of the molecule is Cc1ccc(C)c(NC(=S)N(Cc2ccco2)C2CCCC2)c1. The molecule has 3 nitrogen and oxygen atoms in total. The molecule has 1 heterocycles. The summed E-state index contributed by atoms with van der Waals surface area (Å²) in [6, 6.07) is 10.9. The minimum absolute atomic E-state index is 0.505. The second-order valence-electron chi connectivity index (χ2n) is 6.39. The molecule has 1 N–H and O–H groups in total. The number of rotatable bonds is 4. The molecule has 1 aliphatic rings. The topological polar surface area (TPSA) is 28.4 Å². The summed E-state index contributed by atoms with van der Waals surface area (Å²) >= 11 is 5.74. The van der Waals surface area contributed by atoms with Gasteiger partial charge in [-0.2, -0.15) is 0 Å². The van der Waals surface area contributed by atoms with Gasteiger partial charge in [-0.1, -0.05) is 25.0 Å². The van der Waals surface area contributed by atoms with E-state index in [1.165, 1.54) is 36.8 Å². The Kier molecular flexibility index (Phi) is 5.01. The molecule has 0 aliphatic heterocycles. The van der Waals surface area contributed by atoms with Gasteiger partial charge in [0.25, 0.3) is 0 Å². The van der Waals surface area contributed by atoms with Gasteiger partial charge in [0.05, 0.1) is 12.8 Å². The summed E-state index contributed by atoms with van der Waals surface area (Å²) in [6.45, 7) is 4.94. The minimum atomic E-state index is 0.505. The highest BCUT2D eigenvalue weighted by Gasteiger charge is 2.25. The van der Waals surface area contributed by atoms with E-state index in [4.69, 9.17) is 16.6 Å². The second-order valence-corrected chi connectivity index (χ2v) is 6.78. The lowest BCUT2D eigenvalue weighted by Gasteiger charge is -2.31. The molecule has 1 aromatic heterocycles. The van der Waals surface area contributed by atoms with Gasteiger partial charge in [0.15, 0.2) is 5.11 Å². The van der Waals surface area contributed by atoms with Gasteiger partial charge in [0, 0.05) is 11.7 Å². The van der Waals surface area contributed by atoms with Crippen LogP contribution in [-0.2, 0) is 6.54 Å². The molecule has 23 heavy (non-hydrogen) atoms. The number of nitrogens with zero attached hydrogens (tertiary/aromatic N) is 1. The molecular formula is C19H24N2OS. The average molecular weight is 328 g/mol. The molecule has 122 valence electrons. The number of aryl methyl sites for hydroxylation is 2. The molecule has 0 amide bonds. The van der Waals surface area contributed by atoms with Crippen molar-refractivity contribution < 1.29 is 4.42 Å². The molecular weight excluding hydrogens is 304 g/mol. The average Bonchev–Trinajstić information content (AvgIpc) is 3.21. The van der Waals surface area contributed by atoms with Crippen LogP contribution in [0.5, 0.6) is 0 Å². The van der Waals surface area contributed by atoms with Crippen molar-refractivity contribution in [2.45, 2.75) is 52.1 Å². The summed E-state index contributed by atoms with van der Waals surface area (Å²) in [5, 5.41) is 4.25. The first-order valence-corrected chi connectivity index (χ1v) is 8.71. The predicted molar refractivity (Wildman–Crippen MR) is 98.6 cm³/mol.